The Morgan fingerprint density at radius 1 is 1.17 bits per heavy atom. The van der Waals surface area contributed by atoms with Crippen LogP contribution < -0.4 is 5.32 Å². The first-order valence-corrected chi connectivity index (χ1v) is 11.8. The lowest BCUT2D eigenvalue weighted by atomic mass is 9.96. The second kappa shape index (κ2) is 15.6. The molecule has 0 saturated carbocycles. The molecule has 35 heavy (non-hydrogen) atoms. The summed E-state index contributed by atoms with van der Waals surface area (Å²) in [5.41, 5.74) is -1.41. The van der Waals surface area contributed by atoms with E-state index in [9.17, 15) is 20.1 Å². The molecule has 1 aliphatic heterocycles. The number of carbonyl (C=O) groups is 1. The number of rotatable bonds is 13. The highest BCUT2D eigenvalue weighted by atomic mass is 16.7. The largest absolute Gasteiger partial charge is 0.388 e. The normalized spacial score (nSPS) is 26.6. The number of allylic oxidation sites excluding steroid dienone is 8. The smallest absolute Gasteiger partial charge is 0.243 e. The zero-order valence-corrected chi connectivity index (χ0v) is 21.4. The molecule has 4 N–H and O–H groups in total. The Balaban J connectivity index is 2.79. The van der Waals surface area contributed by atoms with E-state index < -0.39 is 36.2 Å². The molecule has 0 spiro atoms. The van der Waals surface area contributed by atoms with Gasteiger partial charge >= 0.3 is 0 Å². The van der Waals surface area contributed by atoms with Gasteiger partial charge in [0.2, 0.25) is 5.91 Å². The highest BCUT2D eigenvalue weighted by Gasteiger charge is 2.43. The van der Waals surface area contributed by atoms with Crippen molar-refractivity contribution in [3.63, 3.8) is 0 Å². The summed E-state index contributed by atoms with van der Waals surface area (Å²) in [4.78, 5) is 13.3. The second-order valence-electron chi connectivity index (χ2n) is 9.24. The lowest BCUT2D eigenvalue weighted by molar-refractivity contribution is -0.270. The zero-order valence-electron chi connectivity index (χ0n) is 21.4. The van der Waals surface area contributed by atoms with Crippen LogP contribution in [0.2, 0.25) is 0 Å². The van der Waals surface area contributed by atoms with Crippen LogP contribution in [0.4, 0.5) is 0 Å². The third-order valence-electron chi connectivity index (χ3n) is 5.25. The number of hydrogen-bond donors (Lipinski definition) is 4. The van der Waals surface area contributed by atoms with Crippen molar-refractivity contribution >= 4 is 5.91 Å². The Labute approximate surface area is 209 Å². The van der Waals surface area contributed by atoms with Gasteiger partial charge in [0, 0.05) is 12.6 Å². The molecule has 0 aromatic heterocycles. The Morgan fingerprint density at radius 2 is 1.80 bits per heavy atom. The van der Waals surface area contributed by atoms with E-state index in [4.69, 9.17) is 9.47 Å². The molecule has 1 amide bonds. The zero-order chi connectivity index (χ0) is 26.4. The molecule has 1 heterocycles. The van der Waals surface area contributed by atoms with E-state index in [2.05, 4.69) is 11.9 Å². The number of nitrogens with zero attached hydrogens (tertiary/aromatic N) is 1. The standard InChI is InChI=1S/C27H42N2O6/c1-7-8-15-22(35-26-24(29(5)6)25(32)21(30)19-34-26)27(4,33)17-14-12-10-9-11-13-16-23(31)28-18-20(2)3/h7-17,20-22,24-26,30,32-33H,1,18-19H2,2-6H3,(H,28,31)/b11-9-,12-10-,15-8-,16-13+,17-14+. The minimum Gasteiger partial charge on any atom is -0.388 e. The quantitative estimate of drug-likeness (QED) is 0.230. The summed E-state index contributed by atoms with van der Waals surface area (Å²) >= 11 is 0. The molecule has 1 saturated heterocycles. The molecule has 0 aromatic rings. The topological polar surface area (TPSA) is 111 Å². The summed E-state index contributed by atoms with van der Waals surface area (Å²) in [6, 6.07) is -0.622. The minimum atomic E-state index is -1.41. The molecule has 0 radical (unpaired) electrons. The van der Waals surface area contributed by atoms with Crippen LogP contribution in [-0.2, 0) is 14.3 Å². The molecule has 6 atom stereocenters. The van der Waals surface area contributed by atoms with E-state index in [-0.39, 0.29) is 12.5 Å². The molecular formula is C27H42N2O6. The molecule has 1 rings (SSSR count). The number of hydrogen-bond acceptors (Lipinski definition) is 7. The van der Waals surface area contributed by atoms with Crippen molar-refractivity contribution in [1.82, 2.24) is 10.2 Å². The van der Waals surface area contributed by atoms with Crippen LogP contribution in [0.15, 0.2) is 73.4 Å². The van der Waals surface area contributed by atoms with E-state index in [0.29, 0.717) is 12.5 Å². The summed E-state index contributed by atoms with van der Waals surface area (Å²) in [6.45, 7) is 9.88. The molecule has 1 fully saturated rings. The lowest BCUT2D eigenvalue weighted by Crippen LogP contribution is -2.60. The third kappa shape index (κ3) is 11.3. The first-order valence-electron chi connectivity index (χ1n) is 11.8. The number of carbonyl (C=O) groups excluding carboxylic acids is 1. The summed E-state index contributed by atoms with van der Waals surface area (Å²) in [5, 5.41) is 34.2. The second-order valence-corrected chi connectivity index (χ2v) is 9.24. The van der Waals surface area contributed by atoms with E-state index in [1.54, 1.807) is 86.7 Å². The highest BCUT2D eigenvalue weighted by molar-refractivity contribution is 5.87. The average molecular weight is 491 g/mol. The Hall–Kier alpha value is -2.33. The van der Waals surface area contributed by atoms with Gasteiger partial charge in [0.25, 0.3) is 0 Å². The van der Waals surface area contributed by atoms with E-state index in [1.165, 1.54) is 6.08 Å². The van der Waals surface area contributed by atoms with E-state index >= 15 is 0 Å². The van der Waals surface area contributed by atoms with Crippen molar-refractivity contribution in [1.29, 1.82) is 0 Å². The van der Waals surface area contributed by atoms with Crippen molar-refractivity contribution in [2.24, 2.45) is 5.92 Å². The molecule has 0 aliphatic carbocycles. The van der Waals surface area contributed by atoms with Gasteiger partial charge in [-0.2, -0.15) is 0 Å². The van der Waals surface area contributed by atoms with Crippen LogP contribution in [-0.4, -0.2) is 89.6 Å². The third-order valence-corrected chi connectivity index (χ3v) is 5.25. The highest BCUT2D eigenvalue weighted by Crippen LogP contribution is 2.26. The van der Waals surface area contributed by atoms with Gasteiger partial charge < -0.3 is 30.1 Å². The monoisotopic (exact) mass is 490 g/mol. The van der Waals surface area contributed by atoms with Crippen LogP contribution in [0, 0.1) is 5.92 Å². The summed E-state index contributed by atoms with van der Waals surface area (Å²) in [7, 11) is 3.51. The number of likely N-dealkylation sites (N-methyl/N-ethyl adjacent to an activating group) is 1. The van der Waals surface area contributed by atoms with Crippen LogP contribution in [0.5, 0.6) is 0 Å². The van der Waals surface area contributed by atoms with Crippen molar-refractivity contribution in [2.45, 2.75) is 57.0 Å². The number of amides is 1. The van der Waals surface area contributed by atoms with Crippen LogP contribution in [0.1, 0.15) is 20.8 Å². The van der Waals surface area contributed by atoms with Crippen LogP contribution in [0.3, 0.4) is 0 Å². The van der Waals surface area contributed by atoms with E-state index in [1.807, 2.05) is 13.8 Å². The Morgan fingerprint density at radius 3 is 2.40 bits per heavy atom. The van der Waals surface area contributed by atoms with Gasteiger partial charge in [0.05, 0.1) is 12.6 Å². The average Bonchev–Trinajstić information content (AvgIpc) is 2.78. The van der Waals surface area contributed by atoms with Gasteiger partial charge in [0.15, 0.2) is 6.29 Å². The fourth-order valence-electron chi connectivity index (χ4n) is 3.26. The Kier molecular flexibility index (Phi) is 13.7. The number of aliphatic hydroxyl groups is 3. The van der Waals surface area contributed by atoms with Crippen molar-refractivity contribution in [3.8, 4) is 0 Å². The predicted octanol–water partition coefficient (Wildman–Crippen LogP) is 1.87. The molecule has 0 aromatic carbocycles. The molecule has 8 heteroatoms. The molecule has 1 aliphatic rings. The summed E-state index contributed by atoms with van der Waals surface area (Å²) in [6.07, 6.45) is 14.5. The lowest BCUT2D eigenvalue weighted by Gasteiger charge is -2.43. The van der Waals surface area contributed by atoms with Crippen molar-refractivity contribution in [2.75, 3.05) is 27.2 Å². The van der Waals surface area contributed by atoms with Crippen LogP contribution in [0.25, 0.3) is 0 Å². The van der Waals surface area contributed by atoms with E-state index in [0.717, 1.165) is 0 Å². The van der Waals surface area contributed by atoms with Gasteiger partial charge in [-0.15, -0.1) is 0 Å². The first-order chi connectivity index (χ1) is 16.5. The van der Waals surface area contributed by atoms with Crippen LogP contribution >= 0.6 is 0 Å². The maximum absolute atomic E-state index is 11.6. The SMILES string of the molecule is C=C/C=C\C(OC1OCC(O)C(O)C1N(C)C)C(C)(O)/C=C/C=C\C=C/C=C/C(=O)NCC(C)C. The Bertz CT molecular complexity index is 797. The fourth-order valence-corrected chi connectivity index (χ4v) is 3.26. The van der Waals surface area contributed by atoms with Gasteiger partial charge in [-0.3, -0.25) is 9.69 Å². The first kappa shape index (κ1) is 30.7. The molecule has 196 valence electrons. The van der Waals surface area contributed by atoms with Gasteiger partial charge in [-0.25, -0.2) is 0 Å². The van der Waals surface area contributed by atoms with Crippen molar-refractivity contribution < 1.29 is 29.6 Å². The maximum atomic E-state index is 11.6. The fraction of sp³-hybridized carbons (Fsp3) is 0.519. The van der Waals surface area contributed by atoms with Gasteiger partial charge in [-0.05, 0) is 26.9 Å². The summed E-state index contributed by atoms with van der Waals surface area (Å²) < 4.78 is 11.7. The maximum Gasteiger partial charge on any atom is 0.243 e. The predicted molar refractivity (Wildman–Crippen MR) is 138 cm³/mol. The van der Waals surface area contributed by atoms with Gasteiger partial charge in [-0.1, -0.05) is 81.2 Å². The number of nitrogens with one attached hydrogen (secondary N) is 1. The minimum absolute atomic E-state index is 0.0745. The molecule has 6 unspecified atom stereocenters. The number of ether oxygens (including phenoxy) is 2. The molecular weight excluding hydrogens is 448 g/mol. The summed E-state index contributed by atoms with van der Waals surface area (Å²) in [5.74, 6) is 0.263. The van der Waals surface area contributed by atoms with Crippen molar-refractivity contribution in [3.05, 3.63) is 73.4 Å². The van der Waals surface area contributed by atoms with Gasteiger partial charge in [0.1, 0.15) is 23.9 Å². The molecule has 8 nitrogen and oxygen atoms in total. The molecule has 0 bridgehead atoms. The number of aliphatic hydroxyl groups excluding tert-OH is 2.